The van der Waals surface area contributed by atoms with Crippen LogP contribution in [0.15, 0.2) is 48.7 Å². The van der Waals surface area contributed by atoms with Crippen molar-refractivity contribution in [2.45, 2.75) is 64.8 Å². The highest BCUT2D eigenvalue weighted by atomic mass is 19.1. The zero-order valence-corrected chi connectivity index (χ0v) is 22.7. The van der Waals surface area contributed by atoms with E-state index >= 15 is 0 Å². The van der Waals surface area contributed by atoms with Crippen LogP contribution in [0.3, 0.4) is 0 Å². The fourth-order valence-electron chi connectivity index (χ4n) is 4.95. The third-order valence-corrected chi connectivity index (χ3v) is 7.08. The van der Waals surface area contributed by atoms with E-state index in [0.717, 1.165) is 0 Å². The largest absolute Gasteiger partial charge is 0.356 e. The molecule has 1 saturated heterocycles. The summed E-state index contributed by atoms with van der Waals surface area (Å²) in [6.07, 6.45) is 0.0971. The van der Waals surface area contributed by atoms with Crippen LogP contribution >= 0.6 is 0 Å². The normalized spacial score (nSPS) is 17.9. The Kier molecular flexibility index (Phi) is 8.88. The third-order valence-electron chi connectivity index (χ3n) is 7.08. The molecule has 11 heteroatoms. The number of aromatic nitrogens is 4. The molecule has 3 unspecified atom stereocenters. The predicted octanol–water partition coefficient (Wildman–Crippen LogP) is 3.63. The van der Waals surface area contributed by atoms with Crippen molar-refractivity contribution < 1.29 is 18.4 Å². The summed E-state index contributed by atoms with van der Waals surface area (Å²) in [4.78, 5) is 34.3. The van der Waals surface area contributed by atoms with Crippen LogP contribution in [0.1, 0.15) is 62.9 Å². The van der Waals surface area contributed by atoms with Gasteiger partial charge in [0.25, 0.3) is 0 Å². The summed E-state index contributed by atoms with van der Waals surface area (Å²) in [5, 5.41) is 10.9. The molecule has 1 aliphatic rings. The number of carbonyl (C=O) groups is 2. The molecule has 3 atom stereocenters. The van der Waals surface area contributed by atoms with Crippen molar-refractivity contribution in [2.24, 2.45) is 0 Å². The Hall–Kier alpha value is -3.89. The number of hydrogen-bond donors (Lipinski definition) is 1. The highest BCUT2D eigenvalue weighted by Gasteiger charge is 2.41. The minimum atomic E-state index is -1.35. The van der Waals surface area contributed by atoms with E-state index in [1.807, 2.05) is 50.8 Å². The Morgan fingerprint density at radius 1 is 1.13 bits per heavy atom. The summed E-state index contributed by atoms with van der Waals surface area (Å²) < 4.78 is 30.9. The maximum atomic E-state index is 14.8. The number of pyridine rings is 1. The van der Waals surface area contributed by atoms with E-state index in [1.54, 1.807) is 30.5 Å². The van der Waals surface area contributed by atoms with Crippen molar-refractivity contribution in [2.75, 3.05) is 24.5 Å². The van der Waals surface area contributed by atoms with Gasteiger partial charge in [0, 0.05) is 25.1 Å². The maximum absolute atomic E-state index is 14.8. The molecule has 2 aromatic heterocycles. The fraction of sp³-hybridized carbons (Fsp3) is 0.464. The van der Waals surface area contributed by atoms with Gasteiger partial charge >= 0.3 is 0 Å². The first-order valence-corrected chi connectivity index (χ1v) is 13.3. The first-order valence-electron chi connectivity index (χ1n) is 13.3. The lowest BCUT2D eigenvalue weighted by Crippen LogP contribution is -2.48. The molecule has 1 N–H and O–H groups in total. The van der Waals surface area contributed by atoms with Crippen LogP contribution in [-0.4, -0.2) is 68.5 Å². The van der Waals surface area contributed by atoms with Gasteiger partial charge in [-0.2, -0.15) is 4.39 Å². The number of benzene rings is 1. The molecule has 3 aromatic rings. The molecule has 39 heavy (non-hydrogen) atoms. The van der Waals surface area contributed by atoms with Crippen molar-refractivity contribution in [1.82, 2.24) is 30.2 Å². The van der Waals surface area contributed by atoms with Gasteiger partial charge in [-0.05, 0) is 31.4 Å². The zero-order valence-electron chi connectivity index (χ0n) is 22.7. The highest BCUT2D eigenvalue weighted by molar-refractivity contribution is 5.89. The molecular formula is C28H35F2N7O2. The van der Waals surface area contributed by atoms with Crippen molar-refractivity contribution in [3.05, 3.63) is 71.4 Å². The van der Waals surface area contributed by atoms with Gasteiger partial charge in [-0.25, -0.2) is 14.1 Å². The number of nitrogens with zero attached hydrogens (tertiary/aromatic N) is 6. The first-order chi connectivity index (χ1) is 18.7. The molecule has 0 spiro atoms. The average Bonchev–Trinajstić information content (AvgIpc) is 3.54. The lowest BCUT2D eigenvalue weighted by molar-refractivity contribution is -0.139. The highest BCUT2D eigenvalue weighted by Crippen LogP contribution is 2.27. The van der Waals surface area contributed by atoms with Gasteiger partial charge in [0.1, 0.15) is 24.6 Å². The summed E-state index contributed by atoms with van der Waals surface area (Å²) in [6.45, 7) is 8.75. The summed E-state index contributed by atoms with van der Waals surface area (Å²) >= 11 is 0. The Balaban J connectivity index is 1.57. The molecule has 1 aromatic carbocycles. The van der Waals surface area contributed by atoms with Crippen LogP contribution in [-0.2, 0) is 16.1 Å². The number of rotatable bonds is 10. The molecule has 0 aliphatic carbocycles. The predicted molar refractivity (Wildman–Crippen MR) is 143 cm³/mol. The van der Waals surface area contributed by atoms with Crippen molar-refractivity contribution >= 4 is 17.6 Å². The van der Waals surface area contributed by atoms with Gasteiger partial charge in [-0.3, -0.25) is 9.59 Å². The molecule has 1 fully saturated rings. The number of hydrogen-bond acceptors (Lipinski definition) is 6. The Morgan fingerprint density at radius 3 is 2.49 bits per heavy atom. The van der Waals surface area contributed by atoms with Crippen molar-refractivity contribution in [3.8, 4) is 0 Å². The summed E-state index contributed by atoms with van der Waals surface area (Å²) in [5.41, 5.74) is 1.48. The second-order valence-corrected chi connectivity index (χ2v) is 9.94. The Morgan fingerprint density at radius 2 is 1.85 bits per heavy atom. The monoisotopic (exact) mass is 539 g/mol. The van der Waals surface area contributed by atoms with E-state index in [1.165, 1.54) is 9.58 Å². The quantitative estimate of drug-likeness (QED) is 0.396. The van der Waals surface area contributed by atoms with Gasteiger partial charge in [0.05, 0.1) is 24.5 Å². The molecule has 0 saturated carbocycles. The Labute approximate surface area is 227 Å². The van der Waals surface area contributed by atoms with Crippen molar-refractivity contribution in [1.29, 1.82) is 0 Å². The molecule has 208 valence electrons. The number of likely N-dealkylation sites (tertiary alicyclic amines) is 1. The van der Waals surface area contributed by atoms with E-state index in [0.29, 0.717) is 35.7 Å². The van der Waals surface area contributed by atoms with E-state index in [4.69, 9.17) is 0 Å². The third kappa shape index (κ3) is 6.23. The number of halogens is 2. The van der Waals surface area contributed by atoms with Crippen LogP contribution in [0.25, 0.3) is 0 Å². The minimum absolute atomic E-state index is 0.0527. The SMILES string of the molecule is CCN(CC)c1cnnn1CC(=O)N1CC(F)CC1C(=O)NC(c1ccccc1)c1ccc(C(C)C)c(F)n1. The molecule has 0 bridgehead atoms. The van der Waals surface area contributed by atoms with Crippen LogP contribution in [0.5, 0.6) is 0 Å². The smallest absolute Gasteiger partial charge is 0.245 e. The van der Waals surface area contributed by atoms with Crippen LogP contribution < -0.4 is 10.2 Å². The van der Waals surface area contributed by atoms with Crippen LogP contribution in [0.2, 0.25) is 0 Å². The lowest BCUT2D eigenvalue weighted by atomic mass is 9.99. The van der Waals surface area contributed by atoms with E-state index in [2.05, 4.69) is 20.6 Å². The van der Waals surface area contributed by atoms with Gasteiger partial charge in [-0.15, -0.1) is 5.10 Å². The van der Waals surface area contributed by atoms with Crippen LogP contribution in [0, 0.1) is 5.95 Å². The topological polar surface area (TPSA) is 96.3 Å². The van der Waals surface area contributed by atoms with Gasteiger partial charge in [0.2, 0.25) is 17.8 Å². The Bertz CT molecular complexity index is 1280. The molecule has 1 aliphatic heterocycles. The van der Waals surface area contributed by atoms with Crippen LogP contribution in [0.4, 0.5) is 14.6 Å². The maximum Gasteiger partial charge on any atom is 0.245 e. The first kappa shape index (κ1) is 28.1. The molecular weight excluding hydrogens is 504 g/mol. The van der Waals surface area contributed by atoms with Crippen molar-refractivity contribution in [3.63, 3.8) is 0 Å². The average molecular weight is 540 g/mol. The van der Waals surface area contributed by atoms with Gasteiger partial charge in [0.15, 0.2) is 0 Å². The molecule has 3 heterocycles. The van der Waals surface area contributed by atoms with Gasteiger partial charge < -0.3 is 15.1 Å². The number of anilines is 1. The number of carbonyl (C=O) groups excluding carboxylic acids is 2. The zero-order chi connectivity index (χ0) is 28.1. The second kappa shape index (κ2) is 12.3. The summed E-state index contributed by atoms with van der Waals surface area (Å²) in [7, 11) is 0. The second-order valence-electron chi connectivity index (χ2n) is 9.94. The molecule has 9 nitrogen and oxygen atoms in total. The number of alkyl halides is 1. The minimum Gasteiger partial charge on any atom is -0.356 e. The number of nitrogens with one attached hydrogen (secondary N) is 1. The molecule has 4 rings (SSSR count). The van der Waals surface area contributed by atoms with E-state index < -0.39 is 36.0 Å². The van der Waals surface area contributed by atoms with Gasteiger partial charge in [-0.1, -0.05) is 55.5 Å². The summed E-state index contributed by atoms with van der Waals surface area (Å²) in [5.74, 6) is -0.947. The fourth-order valence-corrected chi connectivity index (χ4v) is 4.95. The summed E-state index contributed by atoms with van der Waals surface area (Å²) in [6, 6.07) is 10.6. The lowest BCUT2D eigenvalue weighted by Gasteiger charge is -2.27. The van der Waals surface area contributed by atoms with E-state index in [-0.39, 0.29) is 25.4 Å². The standard InChI is InChI=1S/C28H35F2N7O2/c1-5-35(6-2)24-15-31-34-37(24)17-25(38)36-16-20(29)14-23(36)28(39)33-26(19-10-8-7-9-11-19)22-13-12-21(18(3)4)27(30)32-22/h7-13,15,18,20,23,26H,5-6,14,16-17H2,1-4H3,(H,33,39). The van der Waals surface area contributed by atoms with E-state index in [9.17, 15) is 18.4 Å². The molecule has 2 amide bonds. The number of amides is 2. The molecule has 0 radical (unpaired) electrons.